The van der Waals surface area contributed by atoms with Crippen molar-refractivity contribution in [2.45, 2.75) is 44.6 Å². The van der Waals surface area contributed by atoms with Crippen molar-refractivity contribution in [1.82, 2.24) is 10.2 Å². The third kappa shape index (κ3) is 1.43. The summed E-state index contributed by atoms with van der Waals surface area (Å²) in [5.74, 6) is -0.780. The fourth-order valence-electron chi connectivity index (χ4n) is 2.37. The first-order valence-electron chi connectivity index (χ1n) is 5.56. The second kappa shape index (κ2) is 3.59. The number of aromatic amines is 1. The van der Waals surface area contributed by atoms with Crippen LogP contribution in [0.15, 0.2) is 0 Å². The number of nitrogens with one attached hydrogen (secondary N) is 1. The fraction of sp³-hybridized carbons (Fsp3) is 0.636. The molecule has 5 heteroatoms. The summed E-state index contributed by atoms with van der Waals surface area (Å²) < 4.78 is 0. The Morgan fingerprint density at radius 1 is 1.62 bits per heavy atom. The number of carbonyl (C=O) groups is 1. The lowest BCUT2D eigenvalue weighted by molar-refractivity contribution is -0.144. The molecule has 0 aliphatic heterocycles. The molecule has 0 fully saturated rings. The van der Waals surface area contributed by atoms with Gasteiger partial charge in [-0.05, 0) is 25.2 Å². The number of carboxylic acid groups (broad SMARTS) is 1. The van der Waals surface area contributed by atoms with E-state index in [9.17, 15) is 9.90 Å². The molecule has 1 aliphatic carbocycles. The van der Waals surface area contributed by atoms with Crippen LogP contribution in [0.25, 0.3) is 0 Å². The average Bonchev–Trinajstić information content (AvgIpc) is 2.62. The summed E-state index contributed by atoms with van der Waals surface area (Å²) in [4.78, 5) is 11.3. The molecule has 0 radical (unpaired) electrons. The lowest BCUT2D eigenvalue weighted by Crippen LogP contribution is -2.47. The number of aliphatic carboxylic acids is 1. The smallest absolute Gasteiger partial charge is 0.328 e. The number of carboxylic acids is 1. The molecule has 1 atom stereocenters. The maximum absolute atomic E-state index is 11.3. The van der Waals surface area contributed by atoms with Crippen LogP contribution in [0.2, 0.25) is 0 Å². The zero-order valence-corrected chi connectivity index (χ0v) is 9.58. The van der Waals surface area contributed by atoms with E-state index in [1.807, 2.05) is 13.8 Å². The highest BCUT2D eigenvalue weighted by Crippen LogP contribution is 2.37. The van der Waals surface area contributed by atoms with E-state index in [1.54, 1.807) is 0 Å². The van der Waals surface area contributed by atoms with Crippen LogP contribution in [0.4, 0.5) is 0 Å². The van der Waals surface area contributed by atoms with Crippen LogP contribution < -0.4 is 5.73 Å². The molecule has 0 spiro atoms. The van der Waals surface area contributed by atoms with E-state index in [1.165, 1.54) is 0 Å². The van der Waals surface area contributed by atoms with Crippen molar-refractivity contribution >= 4 is 5.97 Å². The molecule has 16 heavy (non-hydrogen) atoms. The fourth-order valence-corrected chi connectivity index (χ4v) is 2.37. The minimum Gasteiger partial charge on any atom is -0.480 e. The highest BCUT2D eigenvalue weighted by molar-refractivity contribution is 5.81. The highest BCUT2D eigenvalue weighted by Gasteiger charge is 2.43. The minimum absolute atomic E-state index is 0.181. The predicted octanol–water partition coefficient (Wildman–Crippen LogP) is 1.11. The van der Waals surface area contributed by atoms with E-state index >= 15 is 0 Å². The molecule has 0 saturated heterocycles. The van der Waals surface area contributed by atoms with Gasteiger partial charge in [0.25, 0.3) is 0 Å². The number of aromatic nitrogens is 2. The number of fused-ring (bicyclic) bond motifs is 1. The predicted molar refractivity (Wildman–Crippen MR) is 59.1 cm³/mol. The second-order valence-corrected chi connectivity index (χ2v) is 4.75. The third-order valence-corrected chi connectivity index (χ3v) is 3.24. The van der Waals surface area contributed by atoms with Crippen LogP contribution >= 0.6 is 0 Å². The van der Waals surface area contributed by atoms with Crippen molar-refractivity contribution in [3.8, 4) is 0 Å². The Labute approximate surface area is 94.0 Å². The van der Waals surface area contributed by atoms with Gasteiger partial charge in [-0.2, -0.15) is 5.10 Å². The molecule has 1 aromatic rings. The van der Waals surface area contributed by atoms with Crippen molar-refractivity contribution in [3.63, 3.8) is 0 Å². The highest BCUT2D eigenvalue weighted by atomic mass is 16.4. The normalized spacial score (nSPS) is 24.5. The quantitative estimate of drug-likeness (QED) is 0.700. The summed E-state index contributed by atoms with van der Waals surface area (Å²) in [7, 11) is 0. The molecule has 4 N–H and O–H groups in total. The van der Waals surface area contributed by atoms with Crippen LogP contribution in [0, 0.1) is 0 Å². The SMILES string of the molecule is CC(C)c1n[nH]c2c1C(N)(C(=O)O)CCC2. The van der Waals surface area contributed by atoms with Gasteiger partial charge in [0.2, 0.25) is 0 Å². The lowest BCUT2D eigenvalue weighted by atomic mass is 9.77. The Balaban J connectivity index is 2.59. The van der Waals surface area contributed by atoms with Crippen LogP contribution in [-0.2, 0) is 16.8 Å². The molecule has 0 aromatic carbocycles. The second-order valence-electron chi connectivity index (χ2n) is 4.75. The Morgan fingerprint density at radius 2 is 2.31 bits per heavy atom. The molecule has 0 bridgehead atoms. The van der Waals surface area contributed by atoms with Crippen LogP contribution in [0.1, 0.15) is 49.6 Å². The molecule has 1 heterocycles. The summed E-state index contributed by atoms with van der Waals surface area (Å²) in [6.07, 6.45) is 2.10. The van der Waals surface area contributed by atoms with Gasteiger partial charge in [-0.15, -0.1) is 0 Å². The Morgan fingerprint density at radius 3 is 2.88 bits per heavy atom. The van der Waals surface area contributed by atoms with Gasteiger partial charge in [0, 0.05) is 11.3 Å². The summed E-state index contributed by atoms with van der Waals surface area (Å²) in [6, 6.07) is 0. The summed E-state index contributed by atoms with van der Waals surface area (Å²) in [6.45, 7) is 3.99. The zero-order valence-electron chi connectivity index (χ0n) is 9.58. The number of aryl methyl sites for hydroxylation is 1. The van der Waals surface area contributed by atoms with E-state index in [0.29, 0.717) is 12.0 Å². The topological polar surface area (TPSA) is 92.0 Å². The summed E-state index contributed by atoms with van der Waals surface area (Å²) in [5, 5.41) is 16.4. The van der Waals surface area contributed by atoms with Crippen LogP contribution in [0.3, 0.4) is 0 Å². The van der Waals surface area contributed by atoms with Crippen molar-refractivity contribution in [2.75, 3.05) is 0 Å². The summed E-state index contributed by atoms with van der Waals surface area (Å²) >= 11 is 0. The average molecular weight is 223 g/mol. The standard InChI is InChI=1S/C11H17N3O2/c1-6(2)9-8-7(13-14-9)4-3-5-11(8,12)10(15)16/h6H,3-5,12H2,1-2H3,(H,13,14)(H,15,16). The molecule has 0 amide bonds. The van der Waals surface area contributed by atoms with E-state index < -0.39 is 11.5 Å². The van der Waals surface area contributed by atoms with Crippen LogP contribution in [0.5, 0.6) is 0 Å². The zero-order chi connectivity index (χ0) is 11.9. The number of nitrogens with two attached hydrogens (primary N) is 1. The number of rotatable bonds is 2. The molecule has 2 rings (SSSR count). The van der Waals surface area contributed by atoms with Crippen LogP contribution in [-0.4, -0.2) is 21.3 Å². The first-order valence-corrected chi connectivity index (χ1v) is 5.56. The molecular formula is C11H17N3O2. The van der Waals surface area contributed by atoms with Gasteiger partial charge in [-0.25, -0.2) is 4.79 Å². The van der Waals surface area contributed by atoms with Gasteiger partial charge in [0.1, 0.15) is 5.54 Å². The molecule has 1 aromatic heterocycles. The molecule has 1 unspecified atom stereocenters. The van der Waals surface area contributed by atoms with Gasteiger partial charge in [-0.1, -0.05) is 13.8 Å². The largest absolute Gasteiger partial charge is 0.480 e. The van der Waals surface area contributed by atoms with Gasteiger partial charge in [0.15, 0.2) is 0 Å². The number of hydrogen-bond acceptors (Lipinski definition) is 3. The number of nitrogens with zero attached hydrogens (tertiary/aromatic N) is 1. The van der Waals surface area contributed by atoms with E-state index in [0.717, 1.165) is 24.2 Å². The molecule has 1 aliphatic rings. The molecule has 88 valence electrons. The minimum atomic E-state index is -1.26. The van der Waals surface area contributed by atoms with Gasteiger partial charge in [0.05, 0.1) is 5.69 Å². The monoisotopic (exact) mass is 223 g/mol. The van der Waals surface area contributed by atoms with E-state index in [2.05, 4.69) is 10.2 Å². The van der Waals surface area contributed by atoms with Crippen molar-refractivity contribution in [3.05, 3.63) is 17.0 Å². The first-order chi connectivity index (χ1) is 7.47. The van der Waals surface area contributed by atoms with Gasteiger partial charge in [-0.3, -0.25) is 5.10 Å². The van der Waals surface area contributed by atoms with Crippen molar-refractivity contribution < 1.29 is 9.90 Å². The summed E-state index contributed by atoms with van der Waals surface area (Å²) in [5.41, 5.74) is 7.16. The molecule has 5 nitrogen and oxygen atoms in total. The number of hydrogen-bond donors (Lipinski definition) is 3. The Hall–Kier alpha value is -1.36. The first kappa shape index (κ1) is 11.1. The Kier molecular flexibility index (Phi) is 2.50. The van der Waals surface area contributed by atoms with E-state index in [4.69, 9.17) is 5.73 Å². The molecular weight excluding hydrogens is 206 g/mol. The lowest BCUT2D eigenvalue weighted by Gasteiger charge is -2.30. The van der Waals surface area contributed by atoms with Crippen molar-refractivity contribution in [1.29, 1.82) is 0 Å². The molecule has 0 saturated carbocycles. The number of H-pyrrole nitrogens is 1. The van der Waals surface area contributed by atoms with Gasteiger partial charge >= 0.3 is 5.97 Å². The Bertz CT molecular complexity index is 425. The van der Waals surface area contributed by atoms with Gasteiger partial charge < -0.3 is 10.8 Å². The third-order valence-electron chi connectivity index (χ3n) is 3.24. The maximum atomic E-state index is 11.3. The maximum Gasteiger partial charge on any atom is 0.328 e. The van der Waals surface area contributed by atoms with E-state index in [-0.39, 0.29) is 5.92 Å². The van der Waals surface area contributed by atoms with Crippen molar-refractivity contribution in [2.24, 2.45) is 5.73 Å².